The van der Waals surface area contributed by atoms with E-state index in [4.69, 9.17) is 0 Å². The highest BCUT2D eigenvalue weighted by Crippen LogP contribution is 2.07. The van der Waals surface area contributed by atoms with Gasteiger partial charge in [0, 0.05) is 19.5 Å². The summed E-state index contributed by atoms with van der Waals surface area (Å²) >= 11 is 0. The number of hydrogen-bond acceptors (Lipinski definition) is 4. The van der Waals surface area contributed by atoms with Gasteiger partial charge in [0.25, 0.3) is 5.56 Å². The number of likely N-dealkylation sites (N-methyl/N-ethyl adjacent to an activating group) is 1. The van der Waals surface area contributed by atoms with Gasteiger partial charge in [-0.3, -0.25) is 4.79 Å². The zero-order valence-corrected chi connectivity index (χ0v) is 12.2. The van der Waals surface area contributed by atoms with Crippen molar-refractivity contribution in [3.8, 4) is 0 Å². The number of nitrogens with zero attached hydrogens (tertiary/aromatic N) is 2. The normalized spacial score (nSPS) is 12.2. The van der Waals surface area contributed by atoms with Gasteiger partial charge in [-0.2, -0.15) is 0 Å². The van der Waals surface area contributed by atoms with Crippen LogP contribution < -0.4 is 5.56 Å². The van der Waals surface area contributed by atoms with Crippen molar-refractivity contribution in [3.05, 3.63) is 40.4 Å². The van der Waals surface area contributed by atoms with E-state index in [0.717, 1.165) is 12.1 Å². The largest absolute Gasteiger partial charge is 0.389 e. The monoisotopic (exact) mass is 275 g/mol. The molecule has 0 saturated heterocycles. The molecule has 0 atom stereocenters. The van der Waals surface area contributed by atoms with Crippen LogP contribution >= 0.6 is 0 Å². The minimum atomic E-state index is -0.723. The third kappa shape index (κ3) is 3.88. The lowest BCUT2D eigenvalue weighted by Gasteiger charge is -2.25. The van der Waals surface area contributed by atoms with Gasteiger partial charge in [0.2, 0.25) is 0 Å². The van der Waals surface area contributed by atoms with Crippen LogP contribution in [0.1, 0.15) is 19.7 Å². The highest BCUT2D eigenvalue weighted by molar-refractivity contribution is 5.77. The lowest BCUT2D eigenvalue weighted by atomic mass is 10.1. The third-order valence-corrected chi connectivity index (χ3v) is 3.05. The Balaban J connectivity index is 2.09. The van der Waals surface area contributed by atoms with Crippen molar-refractivity contribution in [2.45, 2.75) is 25.9 Å². The first-order valence-electron chi connectivity index (χ1n) is 6.74. The van der Waals surface area contributed by atoms with Gasteiger partial charge < -0.3 is 15.0 Å². The van der Waals surface area contributed by atoms with Crippen LogP contribution in [0.5, 0.6) is 0 Å². The van der Waals surface area contributed by atoms with E-state index in [9.17, 15) is 9.90 Å². The average Bonchev–Trinajstić information content (AvgIpc) is 2.34. The number of para-hydroxylation sites is 1. The molecule has 0 fully saturated rings. The zero-order chi connectivity index (χ0) is 14.8. The number of hydrogen-bond donors (Lipinski definition) is 2. The molecule has 5 nitrogen and oxygen atoms in total. The predicted octanol–water partition coefficient (Wildman–Crippen LogP) is 1.17. The Kier molecular flexibility index (Phi) is 4.20. The molecule has 0 aliphatic rings. The maximum atomic E-state index is 11.9. The molecule has 20 heavy (non-hydrogen) atoms. The van der Waals surface area contributed by atoms with Gasteiger partial charge in [0.05, 0.1) is 16.5 Å². The van der Waals surface area contributed by atoms with Crippen molar-refractivity contribution >= 4 is 10.9 Å². The maximum Gasteiger partial charge on any atom is 0.258 e. The quantitative estimate of drug-likeness (QED) is 0.859. The van der Waals surface area contributed by atoms with E-state index in [1.807, 2.05) is 30.1 Å². The SMILES string of the molecule is CN(CCc1nc2ccccc2c(=O)[nH]1)CC(C)(C)O. The first-order valence-corrected chi connectivity index (χ1v) is 6.74. The Morgan fingerprint density at radius 2 is 2.05 bits per heavy atom. The van der Waals surface area contributed by atoms with Gasteiger partial charge in [-0.25, -0.2) is 4.98 Å². The first-order chi connectivity index (χ1) is 9.35. The summed E-state index contributed by atoms with van der Waals surface area (Å²) in [5.41, 5.74) is -0.106. The van der Waals surface area contributed by atoms with Gasteiger partial charge in [-0.1, -0.05) is 12.1 Å². The van der Waals surface area contributed by atoms with Crippen LogP contribution in [0.4, 0.5) is 0 Å². The molecule has 0 bridgehead atoms. The standard InChI is InChI=1S/C15H21N3O2/c1-15(2,20)10-18(3)9-8-13-16-12-7-5-4-6-11(12)14(19)17-13/h4-7,20H,8-10H2,1-3H3,(H,16,17,19). The molecule has 0 saturated carbocycles. The first kappa shape index (κ1) is 14.7. The lowest BCUT2D eigenvalue weighted by Crippen LogP contribution is -2.37. The molecule has 0 spiro atoms. The third-order valence-electron chi connectivity index (χ3n) is 3.05. The maximum absolute atomic E-state index is 11.9. The number of aromatic nitrogens is 2. The number of rotatable bonds is 5. The van der Waals surface area contributed by atoms with Crippen LogP contribution in [-0.2, 0) is 6.42 Å². The van der Waals surface area contributed by atoms with Crippen LogP contribution in [0, 0.1) is 0 Å². The number of H-pyrrole nitrogens is 1. The molecule has 0 radical (unpaired) electrons. The number of aromatic amines is 1. The summed E-state index contributed by atoms with van der Waals surface area (Å²) in [5.74, 6) is 0.677. The molecule has 0 amide bonds. The molecule has 108 valence electrons. The molecule has 2 rings (SSSR count). The summed E-state index contributed by atoms with van der Waals surface area (Å²) in [4.78, 5) is 21.2. The number of nitrogens with one attached hydrogen (secondary N) is 1. The van der Waals surface area contributed by atoms with Gasteiger partial charge >= 0.3 is 0 Å². The van der Waals surface area contributed by atoms with Gasteiger partial charge in [-0.15, -0.1) is 0 Å². The van der Waals surface area contributed by atoms with E-state index in [2.05, 4.69) is 9.97 Å². The van der Waals surface area contributed by atoms with Crippen LogP contribution in [0.15, 0.2) is 29.1 Å². The lowest BCUT2D eigenvalue weighted by molar-refractivity contribution is 0.0448. The molecule has 1 aromatic heterocycles. The highest BCUT2D eigenvalue weighted by Gasteiger charge is 2.15. The summed E-state index contributed by atoms with van der Waals surface area (Å²) in [6.45, 7) is 4.86. The highest BCUT2D eigenvalue weighted by atomic mass is 16.3. The second-order valence-corrected chi connectivity index (χ2v) is 5.83. The van der Waals surface area contributed by atoms with Gasteiger partial charge in [0.1, 0.15) is 5.82 Å². The van der Waals surface area contributed by atoms with Crippen LogP contribution in [0.2, 0.25) is 0 Å². The second-order valence-electron chi connectivity index (χ2n) is 5.83. The smallest absolute Gasteiger partial charge is 0.258 e. The van der Waals surface area contributed by atoms with E-state index in [1.165, 1.54) is 0 Å². The molecule has 2 aromatic rings. The summed E-state index contributed by atoms with van der Waals surface area (Å²) in [7, 11) is 1.94. The number of fused-ring (bicyclic) bond motifs is 1. The minimum Gasteiger partial charge on any atom is -0.389 e. The Bertz CT molecular complexity index is 643. The van der Waals surface area contributed by atoms with E-state index >= 15 is 0 Å². The molecule has 0 unspecified atom stereocenters. The fourth-order valence-corrected chi connectivity index (χ4v) is 2.29. The number of aliphatic hydroxyl groups is 1. The summed E-state index contributed by atoms with van der Waals surface area (Å²) < 4.78 is 0. The van der Waals surface area contributed by atoms with Crippen molar-refractivity contribution in [3.63, 3.8) is 0 Å². The van der Waals surface area contributed by atoms with E-state index < -0.39 is 5.60 Å². The Labute approximate surface area is 118 Å². The average molecular weight is 275 g/mol. The van der Waals surface area contributed by atoms with Crippen molar-refractivity contribution in [2.75, 3.05) is 20.1 Å². The zero-order valence-electron chi connectivity index (χ0n) is 12.2. The fourth-order valence-electron chi connectivity index (χ4n) is 2.29. The molecule has 0 aliphatic heterocycles. The number of benzene rings is 1. The minimum absolute atomic E-state index is 0.101. The van der Waals surface area contributed by atoms with E-state index in [1.54, 1.807) is 19.9 Å². The van der Waals surface area contributed by atoms with Crippen molar-refractivity contribution in [1.29, 1.82) is 0 Å². The van der Waals surface area contributed by atoms with E-state index in [0.29, 0.717) is 24.2 Å². The van der Waals surface area contributed by atoms with Gasteiger partial charge in [0.15, 0.2) is 0 Å². The molecule has 5 heteroatoms. The van der Waals surface area contributed by atoms with E-state index in [-0.39, 0.29) is 5.56 Å². The summed E-state index contributed by atoms with van der Waals surface area (Å²) in [6.07, 6.45) is 0.645. The van der Waals surface area contributed by atoms with Crippen molar-refractivity contribution in [2.24, 2.45) is 0 Å². The van der Waals surface area contributed by atoms with Crippen molar-refractivity contribution in [1.82, 2.24) is 14.9 Å². The molecular formula is C15H21N3O2. The topological polar surface area (TPSA) is 69.2 Å². The molecule has 2 N–H and O–H groups in total. The molecular weight excluding hydrogens is 254 g/mol. The summed E-state index contributed by atoms with van der Waals surface area (Å²) in [6, 6.07) is 7.31. The van der Waals surface area contributed by atoms with Crippen LogP contribution in [0.3, 0.4) is 0 Å². The van der Waals surface area contributed by atoms with Crippen LogP contribution in [-0.4, -0.2) is 45.7 Å². The fraction of sp³-hybridized carbons (Fsp3) is 0.467. The Morgan fingerprint density at radius 3 is 2.75 bits per heavy atom. The van der Waals surface area contributed by atoms with Crippen LogP contribution in [0.25, 0.3) is 10.9 Å². The Morgan fingerprint density at radius 1 is 1.35 bits per heavy atom. The molecule has 0 aliphatic carbocycles. The predicted molar refractivity (Wildman–Crippen MR) is 79.9 cm³/mol. The van der Waals surface area contributed by atoms with Gasteiger partial charge in [-0.05, 0) is 33.0 Å². The Hall–Kier alpha value is -1.72. The summed E-state index contributed by atoms with van der Waals surface area (Å²) in [5, 5.41) is 10.4. The molecule has 1 aromatic carbocycles. The molecule has 1 heterocycles. The van der Waals surface area contributed by atoms with Crippen molar-refractivity contribution < 1.29 is 5.11 Å². The second kappa shape index (κ2) is 5.73.